The molecule has 0 fully saturated rings. The number of nitrogens with two attached hydrogens (primary N) is 1. The number of nitrogen functional groups attached to an aromatic ring is 1. The van der Waals surface area contributed by atoms with Crippen LogP contribution in [0.4, 0.5) is 17.1 Å². The lowest BCUT2D eigenvalue weighted by molar-refractivity contribution is 1.17. The molecular weight excluding hydrogens is 176 g/mol. The van der Waals surface area contributed by atoms with Crippen LogP contribution >= 0.6 is 0 Å². The van der Waals surface area contributed by atoms with Gasteiger partial charge in [-0.05, 0) is 24.3 Å². The molecule has 0 aliphatic carbocycles. The van der Waals surface area contributed by atoms with E-state index >= 15 is 0 Å². The number of nitrogens with zero attached hydrogens (tertiary/aromatic N) is 2. The van der Waals surface area contributed by atoms with E-state index < -0.39 is 0 Å². The van der Waals surface area contributed by atoms with Gasteiger partial charge in [0, 0.05) is 11.4 Å². The van der Waals surface area contributed by atoms with Gasteiger partial charge in [-0.25, -0.2) is 9.97 Å². The number of rotatable bonds is 2. The molecule has 1 aromatic heterocycles. The van der Waals surface area contributed by atoms with Gasteiger partial charge in [-0.1, -0.05) is 0 Å². The second kappa shape index (κ2) is 3.74. The first-order chi connectivity index (χ1) is 6.84. The summed E-state index contributed by atoms with van der Waals surface area (Å²) in [4.78, 5) is 7.80. The first kappa shape index (κ1) is 8.50. The number of aromatic nitrogens is 2. The zero-order valence-corrected chi connectivity index (χ0v) is 7.51. The molecule has 0 aliphatic heterocycles. The number of nitrogens with one attached hydrogen (secondary N) is 1. The van der Waals surface area contributed by atoms with E-state index in [9.17, 15) is 0 Å². The lowest BCUT2D eigenvalue weighted by atomic mass is 10.3. The Balaban J connectivity index is 2.16. The molecule has 2 aromatic rings. The minimum Gasteiger partial charge on any atom is -0.399 e. The van der Waals surface area contributed by atoms with Crippen molar-refractivity contribution in [3.63, 3.8) is 0 Å². The van der Waals surface area contributed by atoms with Gasteiger partial charge in [0.1, 0.15) is 6.33 Å². The van der Waals surface area contributed by atoms with Gasteiger partial charge in [0.05, 0.1) is 18.1 Å². The summed E-state index contributed by atoms with van der Waals surface area (Å²) in [5.41, 5.74) is 8.14. The lowest BCUT2D eigenvalue weighted by Gasteiger charge is -2.04. The molecule has 4 nitrogen and oxygen atoms in total. The molecule has 3 N–H and O–H groups in total. The van der Waals surface area contributed by atoms with E-state index in [2.05, 4.69) is 15.3 Å². The second-order valence-electron chi connectivity index (χ2n) is 2.87. The van der Waals surface area contributed by atoms with Gasteiger partial charge >= 0.3 is 0 Å². The maximum absolute atomic E-state index is 5.57. The van der Waals surface area contributed by atoms with Gasteiger partial charge in [-0.15, -0.1) is 0 Å². The highest BCUT2D eigenvalue weighted by Crippen LogP contribution is 2.15. The van der Waals surface area contributed by atoms with E-state index in [-0.39, 0.29) is 0 Å². The summed E-state index contributed by atoms with van der Waals surface area (Å²) in [6.45, 7) is 0. The average molecular weight is 186 g/mol. The Hall–Kier alpha value is -2.10. The summed E-state index contributed by atoms with van der Waals surface area (Å²) in [6.07, 6.45) is 4.92. The molecule has 2 rings (SSSR count). The van der Waals surface area contributed by atoms with E-state index in [0.717, 1.165) is 17.1 Å². The molecular formula is C10H10N4. The van der Waals surface area contributed by atoms with E-state index in [1.165, 1.54) is 6.33 Å². The fraction of sp³-hybridized carbons (Fsp3) is 0. The molecule has 0 saturated heterocycles. The number of benzene rings is 1. The minimum atomic E-state index is 0.750. The summed E-state index contributed by atoms with van der Waals surface area (Å²) >= 11 is 0. The predicted molar refractivity (Wildman–Crippen MR) is 56.2 cm³/mol. The summed E-state index contributed by atoms with van der Waals surface area (Å²) in [5, 5.41) is 3.15. The second-order valence-corrected chi connectivity index (χ2v) is 2.87. The molecule has 0 bridgehead atoms. The molecule has 0 spiro atoms. The van der Waals surface area contributed by atoms with Crippen LogP contribution in [-0.4, -0.2) is 9.97 Å². The molecule has 0 aliphatic rings. The highest BCUT2D eigenvalue weighted by Gasteiger charge is 1.93. The van der Waals surface area contributed by atoms with E-state index in [1.807, 2.05) is 24.3 Å². The SMILES string of the molecule is Nc1ccc(Nc2cncnc2)cc1. The van der Waals surface area contributed by atoms with Crippen molar-refractivity contribution in [2.24, 2.45) is 0 Å². The fourth-order valence-corrected chi connectivity index (χ4v) is 1.10. The first-order valence-electron chi connectivity index (χ1n) is 4.22. The molecule has 0 atom stereocenters. The first-order valence-corrected chi connectivity index (χ1v) is 4.22. The highest BCUT2D eigenvalue weighted by molar-refractivity contribution is 5.60. The van der Waals surface area contributed by atoms with Crippen molar-refractivity contribution in [3.8, 4) is 0 Å². The van der Waals surface area contributed by atoms with Crippen molar-refractivity contribution in [2.75, 3.05) is 11.1 Å². The van der Waals surface area contributed by atoms with Crippen LogP contribution in [0.1, 0.15) is 0 Å². The third-order valence-corrected chi connectivity index (χ3v) is 1.76. The van der Waals surface area contributed by atoms with Crippen molar-refractivity contribution in [1.82, 2.24) is 9.97 Å². The Kier molecular flexibility index (Phi) is 2.27. The van der Waals surface area contributed by atoms with Gasteiger partial charge in [0.15, 0.2) is 0 Å². The van der Waals surface area contributed by atoms with Crippen molar-refractivity contribution in [1.29, 1.82) is 0 Å². The van der Waals surface area contributed by atoms with E-state index in [0.29, 0.717) is 0 Å². The molecule has 0 amide bonds. The van der Waals surface area contributed by atoms with Gasteiger partial charge in [-0.3, -0.25) is 0 Å². The molecule has 14 heavy (non-hydrogen) atoms. The molecule has 0 unspecified atom stereocenters. The number of hydrogen-bond donors (Lipinski definition) is 2. The zero-order valence-electron chi connectivity index (χ0n) is 7.51. The van der Waals surface area contributed by atoms with Crippen LogP contribution in [-0.2, 0) is 0 Å². The van der Waals surface area contributed by atoms with Gasteiger partial charge in [-0.2, -0.15) is 0 Å². The Morgan fingerprint density at radius 2 is 1.57 bits per heavy atom. The van der Waals surface area contributed by atoms with Crippen LogP contribution in [0.15, 0.2) is 43.0 Å². The topological polar surface area (TPSA) is 63.8 Å². The maximum Gasteiger partial charge on any atom is 0.115 e. The Bertz CT molecular complexity index is 396. The predicted octanol–water partition coefficient (Wildman–Crippen LogP) is 1.80. The monoisotopic (exact) mass is 186 g/mol. The average Bonchev–Trinajstić information content (AvgIpc) is 2.23. The van der Waals surface area contributed by atoms with Crippen molar-refractivity contribution in [2.45, 2.75) is 0 Å². The standard InChI is InChI=1S/C10H10N4/c11-8-1-3-9(4-2-8)14-10-5-12-7-13-6-10/h1-7,14H,11H2. The quantitative estimate of drug-likeness (QED) is 0.702. The zero-order chi connectivity index (χ0) is 9.80. The highest BCUT2D eigenvalue weighted by atomic mass is 14.9. The third kappa shape index (κ3) is 1.98. The Labute approximate surface area is 81.8 Å². The molecule has 0 saturated carbocycles. The van der Waals surface area contributed by atoms with Crippen LogP contribution < -0.4 is 11.1 Å². The molecule has 1 aromatic carbocycles. The summed E-state index contributed by atoms with van der Waals surface area (Å²) < 4.78 is 0. The van der Waals surface area contributed by atoms with Crippen LogP contribution in [0.3, 0.4) is 0 Å². The minimum absolute atomic E-state index is 0.750. The van der Waals surface area contributed by atoms with Gasteiger partial charge < -0.3 is 11.1 Å². The van der Waals surface area contributed by atoms with Crippen molar-refractivity contribution in [3.05, 3.63) is 43.0 Å². The lowest BCUT2D eigenvalue weighted by Crippen LogP contribution is -1.92. The van der Waals surface area contributed by atoms with Crippen LogP contribution in [0.25, 0.3) is 0 Å². The Morgan fingerprint density at radius 1 is 0.929 bits per heavy atom. The largest absolute Gasteiger partial charge is 0.399 e. The maximum atomic E-state index is 5.57. The van der Waals surface area contributed by atoms with E-state index in [4.69, 9.17) is 5.73 Å². The summed E-state index contributed by atoms with van der Waals surface area (Å²) in [6, 6.07) is 7.49. The summed E-state index contributed by atoms with van der Waals surface area (Å²) in [7, 11) is 0. The van der Waals surface area contributed by atoms with Crippen molar-refractivity contribution < 1.29 is 0 Å². The van der Waals surface area contributed by atoms with E-state index in [1.54, 1.807) is 12.4 Å². The van der Waals surface area contributed by atoms with Crippen LogP contribution in [0, 0.1) is 0 Å². The molecule has 70 valence electrons. The molecule has 0 radical (unpaired) electrons. The van der Waals surface area contributed by atoms with Crippen molar-refractivity contribution >= 4 is 17.1 Å². The third-order valence-electron chi connectivity index (χ3n) is 1.76. The number of hydrogen-bond acceptors (Lipinski definition) is 4. The number of anilines is 3. The van der Waals surface area contributed by atoms with Crippen LogP contribution in [0.5, 0.6) is 0 Å². The van der Waals surface area contributed by atoms with Gasteiger partial charge in [0.25, 0.3) is 0 Å². The normalized spacial score (nSPS) is 9.71. The summed E-state index contributed by atoms with van der Waals surface area (Å²) in [5.74, 6) is 0. The smallest absolute Gasteiger partial charge is 0.115 e. The van der Waals surface area contributed by atoms with Crippen LogP contribution in [0.2, 0.25) is 0 Å². The van der Waals surface area contributed by atoms with Gasteiger partial charge in [0.2, 0.25) is 0 Å². The molecule has 1 heterocycles. The molecule has 4 heteroatoms. The fourth-order valence-electron chi connectivity index (χ4n) is 1.10. The Morgan fingerprint density at radius 3 is 2.21 bits per heavy atom.